The second kappa shape index (κ2) is 8.59. The van der Waals surface area contributed by atoms with Gasteiger partial charge in [-0.2, -0.15) is 0 Å². The molecule has 5 aromatic rings. The van der Waals surface area contributed by atoms with Crippen LogP contribution in [0.4, 0.5) is 0 Å². The third-order valence-corrected chi connectivity index (χ3v) is 5.56. The second-order valence-electron chi connectivity index (χ2n) is 7.66. The molecule has 1 aromatic heterocycles. The summed E-state index contributed by atoms with van der Waals surface area (Å²) in [6.07, 6.45) is 0.157. The van der Waals surface area contributed by atoms with Crippen molar-refractivity contribution in [3.8, 4) is 17.1 Å². The Morgan fingerprint density at radius 3 is 2.39 bits per heavy atom. The molecule has 0 spiro atoms. The minimum absolute atomic E-state index is 0.157. The van der Waals surface area contributed by atoms with Crippen molar-refractivity contribution in [3.63, 3.8) is 0 Å². The Morgan fingerprint density at radius 2 is 1.58 bits per heavy atom. The maximum atomic E-state index is 12.7. The Kier molecular flexibility index (Phi) is 5.32. The molecule has 0 amide bonds. The highest BCUT2D eigenvalue weighted by atomic mass is 16.5. The molecule has 0 radical (unpaired) electrons. The average molecular weight is 436 g/mol. The van der Waals surface area contributed by atoms with E-state index in [0.29, 0.717) is 18.1 Å². The van der Waals surface area contributed by atoms with Gasteiger partial charge in [0, 0.05) is 17.5 Å². The summed E-state index contributed by atoms with van der Waals surface area (Å²) < 4.78 is 7.66. The van der Waals surface area contributed by atoms with E-state index >= 15 is 0 Å². The Balaban J connectivity index is 1.42. The molecule has 0 saturated heterocycles. The number of aryl methyl sites for hydroxylation is 1. The maximum absolute atomic E-state index is 12.7. The van der Waals surface area contributed by atoms with Crippen molar-refractivity contribution in [3.05, 3.63) is 96.6 Å². The van der Waals surface area contributed by atoms with Gasteiger partial charge in [-0.25, -0.2) is 9.78 Å². The van der Waals surface area contributed by atoms with Gasteiger partial charge in [0.15, 0.2) is 0 Å². The zero-order valence-corrected chi connectivity index (χ0v) is 17.6. The van der Waals surface area contributed by atoms with Crippen LogP contribution in [0.25, 0.3) is 33.2 Å². The van der Waals surface area contributed by atoms with Gasteiger partial charge >= 0.3 is 11.9 Å². The fourth-order valence-corrected chi connectivity index (χ4v) is 3.95. The largest absolute Gasteiger partial charge is 0.478 e. The number of aromatic carboxylic acids is 1. The summed E-state index contributed by atoms with van der Waals surface area (Å²) in [5.41, 5.74) is 2.68. The van der Waals surface area contributed by atoms with Gasteiger partial charge in [0.25, 0.3) is 0 Å². The van der Waals surface area contributed by atoms with Gasteiger partial charge in [-0.1, -0.05) is 60.7 Å². The number of carboxylic acid groups (broad SMARTS) is 1. The van der Waals surface area contributed by atoms with Gasteiger partial charge < -0.3 is 14.4 Å². The van der Waals surface area contributed by atoms with Crippen LogP contribution in [0.5, 0.6) is 5.75 Å². The van der Waals surface area contributed by atoms with E-state index in [2.05, 4.69) is 0 Å². The molecular weight excluding hydrogens is 416 g/mol. The molecule has 0 atom stereocenters. The number of esters is 1. The van der Waals surface area contributed by atoms with Crippen LogP contribution in [-0.4, -0.2) is 26.6 Å². The Bertz CT molecular complexity index is 1480. The lowest BCUT2D eigenvalue weighted by atomic mass is 10.1. The lowest BCUT2D eigenvalue weighted by molar-refractivity contribution is -0.134. The number of para-hydroxylation sites is 2. The number of ether oxygens (including phenoxy) is 1. The summed E-state index contributed by atoms with van der Waals surface area (Å²) in [7, 11) is 0. The zero-order valence-electron chi connectivity index (χ0n) is 17.6. The predicted octanol–water partition coefficient (Wildman–Crippen LogP) is 5.55. The third kappa shape index (κ3) is 4.06. The summed E-state index contributed by atoms with van der Waals surface area (Å²) in [5, 5.41) is 11.1. The van der Waals surface area contributed by atoms with Crippen LogP contribution in [-0.2, 0) is 11.3 Å². The zero-order chi connectivity index (χ0) is 22.8. The molecule has 0 unspecified atom stereocenters. The van der Waals surface area contributed by atoms with E-state index in [4.69, 9.17) is 9.72 Å². The first-order valence-electron chi connectivity index (χ1n) is 10.6. The first-order chi connectivity index (χ1) is 16.1. The number of imidazole rings is 1. The molecule has 0 saturated carbocycles. The molecule has 1 N–H and O–H groups in total. The molecular formula is C27H20N2O4. The van der Waals surface area contributed by atoms with Gasteiger partial charge in [0.1, 0.15) is 11.6 Å². The Morgan fingerprint density at radius 1 is 0.848 bits per heavy atom. The number of benzene rings is 4. The van der Waals surface area contributed by atoms with Gasteiger partial charge in [-0.15, -0.1) is 0 Å². The molecule has 5 rings (SSSR count). The van der Waals surface area contributed by atoms with Gasteiger partial charge in [0.2, 0.25) is 0 Å². The van der Waals surface area contributed by atoms with E-state index < -0.39 is 5.97 Å². The average Bonchev–Trinajstić information content (AvgIpc) is 3.21. The first-order valence-corrected chi connectivity index (χ1v) is 10.6. The van der Waals surface area contributed by atoms with Crippen LogP contribution in [0.1, 0.15) is 16.8 Å². The lowest BCUT2D eigenvalue weighted by Gasteiger charge is -2.11. The molecule has 6 nitrogen and oxygen atoms in total. The van der Waals surface area contributed by atoms with Crippen LogP contribution < -0.4 is 4.74 Å². The van der Waals surface area contributed by atoms with Crippen molar-refractivity contribution >= 4 is 33.7 Å². The molecule has 0 aliphatic carbocycles. The van der Waals surface area contributed by atoms with Crippen LogP contribution in [0.3, 0.4) is 0 Å². The monoisotopic (exact) mass is 436 g/mol. The van der Waals surface area contributed by atoms with Crippen molar-refractivity contribution in [1.82, 2.24) is 9.55 Å². The van der Waals surface area contributed by atoms with E-state index in [1.54, 1.807) is 30.3 Å². The minimum atomic E-state index is -0.980. The van der Waals surface area contributed by atoms with E-state index in [1.807, 2.05) is 65.2 Å². The number of carbonyl (C=O) groups is 2. The molecule has 0 aliphatic heterocycles. The summed E-state index contributed by atoms with van der Waals surface area (Å²) in [6.45, 7) is 0.375. The highest BCUT2D eigenvalue weighted by molar-refractivity contribution is 5.91. The number of carboxylic acids is 1. The molecule has 0 fully saturated rings. The number of hydrogen-bond acceptors (Lipinski definition) is 4. The molecule has 1 heterocycles. The Labute approximate surface area is 189 Å². The molecule has 162 valence electrons. The lowest BCUT2D eigenvalue weighted by Crippen LogP contribution is -2.12. The second-order valence-corrected chi connectivity index (χ2v) is 7.66. The number of aromatic nitrogens is 2. The minimum Gasteiger partial charge on any atom is -0.478 e. The highest BCUT2D eigenvalue weighted by Gasteiger charge is 2.15. The van der Waals surface area contributed by atoms with Crippen molar-refractivity contribution in [2.45, 2.75) is 13.0 Å². The van der Waals surface area contributed by atoms with Crippen molar-refractivity contribution in [1.29, 1.82) is 0 Å². The quantitative estimate of drug-likeness (QED) is 0.279. The first kappa shape index (κ1) is 20.5. The molecule has 33 heavy (non-hydrogen) atoms. The van der Waals surface area contributed by atoms with Gasteiger partial charge in [-0.05, 0) is 35.7 Å². The smallest absolute Gasteiger partial charge is 0.335 e. The standard InChI is InChI=1S/C27H20N2O4/c30-25(33-24-11-5-7-18-6-1-2-8-21(18)24)16-17-29-23-10-4-3-9-22(23)28-26(29)19-12-14-20(15-13-19)27(31)32/h1-15H,16-17H2,(H,31,32). The highest BCUT2D eigenvalue weighted by Crippen LogP contribution is 2.27. The molecule has 0 aliphatic rings. The third-order valence-electron chi connectivity index (χ3n) is 5.56. The number of hydrogen-bond donors (Lipinski definition) is 1. The number of fused-ring (bicyclic) bond motifs is 2. The van der Waals surface area contributed by atoms with Crippen molar-refractivity contribution in [2.24, 2.45) is 0 Å². The normalized spacial score (nSPS) is 11.0. The maximum Gasteiger partial charge on any atom is 0.335 e. The molecule has 6 heteroatoms. The summed E-state index contributed by atoms with van der Waals surface area (Å²) >= 11 is 0. The molecule has 4 aromatic carbocycles. The summed E-state index contributed by atoms with van der Waals surface area (Å²) in [6, 6.07) is 27.7. The van der Waals surface area contributed by atoms with E-state index in [1.165, 1.54) is 0 Å². The van der Waals surface area contributed by atoms with Crippen LogP contribution in [0, 0.1) is 0 Å². The van der Waals surface area contributed by atoms with E-state index in [9.17, 15) is 14.7 Å². The number of nitrogens with zero attached hydrogens (tertiary/aromatic N) is 2. The number of rotatable bonds is 6. The topological polar surface area (TPSA) is 81.4 Å². The summed E-state index contributed by atoms with van der Waals surface area (Å²) in [5.74, 6) is -0.105. The van der Waals surface area contributed by atoms with Crippen LogP contribution in [0.15, 0.2) is 91.0 Å². The SMILES string of the molecule is O=C(CCn1c(-c2ccc(C(=O)O)cc2)nc2ccccc21)Oc1cccc2ccccc12. The van der Waals surface area contributed by atoms with E-state index in [0.717, 1.165) is 27.4 Å². The van der Waals surface area contributed by atoms with Crippen LogP contribution in [0.2, 0.25) is 0 Å². The number of carbonyl (C=O) groups excluding carboxylic acids is 1. The van der Waals surface area contributed by atoms with Gasteiger partial charge in [0.05, 0.1) is 23.0 Å². The van der Waals surface area contributed by atoms with Crippen molar-refractivity contribution in [2.75, 3.05) is 0 Å². The molecule has 0 bridgehead atoms. The van der Waals surface area contributed by atoms with Crippen molar-refractivity contribution < 1.29 is 19.4 Å². The fourth-order valence-electron chi connectivity index (χ4n) is 3.95. The van der Waals surface area contributed by atoms with Crippen LogP contribution >= 0.6 is 0 Å². The fraction of sp³-hybridized carbons (Fsp3) is 0.0741. The predicted molar refractivity (Wildman–Crippen MR) is 126 cm³/mol. The van der Waals surface area contributed by atoms with Gasteiger partial charge in [-0.3, -0.25) is 4.79 Å². The summed E-state index contributed by atoms with van der Waals surface area (Å²) in [4.78, 5) is 28.7. The van der Waals surface area contributed by atoms with E-state index in [-0.39, 0.29) is 18.0 Å². The Hall–Kier alpha value is -4.45.